The molecule has 1 N–H and O–H groups in total. The maximum Gasteiger partial charge on any atom is 0.229 e. The van der Waals surface area contributed by atoms with Crippen molar-refractivity contribution in [3.05, 3.63) is 5.01 Å². The lowest BCUT2D eigenvalue weighted by Gasteiger charge is -1.97. The lowest BCUT2D eigenvalue weighted by molar-refractivity contribution is -0.117. The van der Waals surface area contributed by atoms with E-state index in [0.717, 1.165) is 17.8 Å². The van der Waals surface area contributed by atoms with Gasteiger partial charge in [0.05, 0.1) is 0 Å². The second-order valence-electron chi connectivity index (χ2n) is 3.66. The third kappa shape index (κ3) is 1.92. The smallest absolute Gasteiger partial charge is 0.229 e. The summed E-state index contributed by atoms with van der Waals surface area (Å²) in [6.45, 7) is 4.11. The van der Waals surface area contributed by atoms with Gasteiger partial charge in [-0.25, -0.2) is 0 Å². The highest BCUT2D eigenvalue weighted by Gasteiger charge is 2.39. The minimum Gasteiger partial charge on any atom is -0.300 e. The van der Waals surface area contributed by atoms with Crippen LogP contribution < -0.4 is 5.32 Å². The molecule has 1 heterocycles. The van der Waals surface area contributed by atoms with Gasteiger partial charge in [0.15, 0.2) is 0 Å². The first-order valence-corrected chi connectivity index (χ1v) is 5.65. The molecule has 0 radical (unpaired) electrons. The van der Waals surface area contributed by atoms with Gasteiger partial charge in [0.2, 0.25) is 11.0 Å². The van der Waals surface area contributed by atoms with Crippen molar-refractivity contribution in [3.8, 4) is 0 Å². The molecule has 0 unspecified atom stereocenters. The molecule has 1 aromatic heterocycles. The van der Waals surface area contributed by atoms with E-state index in [1.54, 1.807) is 0 Å². The zero-order valence-electron chi connectivity index (χ0n) is 8.28. The second kappa shape index (κ2) is 3.65. The Balaban J connectivity index is 1.93. The molecule has 0 aliphatic heterocycles. The van der Waals surface area contributed by atoms with Crippen molar-refractivity contribution in [3.63, 3.8) is 0 Å². The number of aryl methyl sites for hydroxylation is 1. The Hall–Kier alpha value is -0.970. The van der Waals surface area contributed by atoms with E-state index in [1.807, 2.05) is 6.92 Å². The van der Waals surface area contributed by atoms with Crippen LogP contribution in [0.1, 0.15) is 25.3 Å². The van der Waals surface area contributed by atoms with Crippen molar-refractivity contribution in [2.45, 2.75) is 26.7 Å². The molecule has 2 atom stereocenters. The largest absolute Gasteiger partial charge is 0.300 e. The van der Waals surface area contributed by atoms with E-state index in [9.17, 15) is 4.79 Å². The Bertz CT molecular complexity index is 350. The van der Waals surface area contributed by atoms with E-state index >= 15 is 0 Å². The highest BCUT2D eigenvalue weighted by atomic mass is 32.1. The summed E-state index contributed by atoms with van der Waals surface area (Å²) in [5, 5.41) is 12.2. The van der Waals surface area contributed by atoms with Gasteiger partial charge in [0.1, 0.15) is 5.01 Å². The normalized spacial score (nSPS) is 24.7. The van der Waals surface area contributed by atoms with E-state index in [-0.39, 0.29) is 11.8 Å². The molecule has 2 rings (SSSR count). The molecule has 1 aliphatic carbocycles. The number of rotatable bonds is 3. The molecule has 0 bridgehead atoms. The van der Waals surface area contributed by atoms with E-state index in [4.69, 9.17) is 0 Å². The summed E-state index contributed by atoms with van der Waals surface area (Å²) < 4.78 is 0. The molecule has 5 heteroatoms. The predicted octanol–water partition coefficient (Wildman–Crippen LogP) is 1.70. The van der Waals surface area contributed by atoms with Crippen LogP contribution in [0.15, 0.2) is 0 Å². The number of hydrogen-bond acceptors (Lipinski definition) is 4. The van der Waals surface area contributed by atoms with Crippen LogP contribution in [0.25, 0.3) is 0 Å². The fraction of sp³-hybridized carbons (Fsp3) is 0.667. The van der Waals surface area contributed by atoms with Gasteiger partial charge in [-0.3, -0.25) is 4.79 Å². The summed E-state index contributed by atoms with van der Waals surface area (Å²) in [5.41, 5.74) is 0. The highest BCUT2D eigenvalue weighted by Crippen LogP contribution is 2.38. The van der Waals surface area contributed by atoms with Crippen LogP contribution in [0.2, 0.25) is 0 Å². The topological polar surface area (TPSA) is 54.9 Å². The number of carbonyl (C=O) groups is 1. The zero-order chi connectivity index (χ0) is 10.1. The van der Waals surface area contributed by atoms with Gasteiger partial charge in [-0.15, -0.1) is 10.2 Å². The first-order valence-electron chi connectivity index (χ1n) is 4.84. The SMILES string of the molecule is CCc1nnc(NC(=O)[C@@H]2C[C@@H]2C)s1. The van der Waals surface area contributed by atoms with Crippen LogP contribution in [0.5, 0.6) is 0 Å². The third-order valence-corrected chi connectivity index (χ3v) is 3.43. The van der Waals surface area contributed by atoms with Crippen molar-refractivity contribution in [2.75, 3.05) is 5.32 Å². The summed E-state index contributed by atoms with van der Waals surface area (Å²) in [6.07, 6.45) is 1.87. The molecule has 1 fully saturated rings. The van der Waals surface area contributed by atoms with Gasteiger partial charge < -0.3 is 5.32 Å². The molecule has 0 aromatic carbocycles. The van der Waals surface area contributed by atoms with Crippen molar-refractivity contribution < 1.29 is 4.79 Å². The van der Waals surface area contributed by atoms with Crippen molar-refractivity contribution in [2.24, 2.45) is 11.8 Å². The van der Waals surface area contributed by atoms with Crippen LogP contribution >= 0.6 is 11.3 Å². The van der Waals surface area contributed by atoms with Crippen LogP contribution in [0.3, 0.4) is 0 Å². The van der Waals surface area contributed by atoms with Crippen molar-refractivity contribution in [1.82, 2.24) is 10.2 Å². The Kier molecular flexibility index (Phi) is 2.50. The molecule has 76 valence electrons. The maximum atomic E-state index is 11.5. The van der Waals surface area contributed by atoms with E-state index in [1.165, 1.54) is 11.3 Å². The maximum absolute atomic E-state index is 11.5. The van der Waals surface area contributed by atoms with Crippen LogP contribution in [0.4, 0.5) is 5.13 Å². The molecule has 1 amide bonds. The summed E-state index contributed by atoms with van der Waals surface area (Å²) in [4.78, 5) is 11.5. The number of nitrogens with zero attached hydrogens (tertiary/aromatic N) is 2. The van der Waals surface area contributed by atoms with Gasteiger partial charge in [0.25, 0.3) is 0 Å². The summed E-state index contributed by atoms with van der Waals surface area (Å²) >= 11 is 1.45. The molecule has 1 saturated carbocycles. The number of aromatic nitrogens is 2. The average Bonchev–Trinajstić information content (AvgIpc) is 2.74. The van der Waals surface area contributed by atoms with Crippen molar-refractivity contribution >= 4 is 22.4 Å². The number of hydrogen-bond donors (Lipinski definition) is 1. The fourth-order valence-corrected chi connectivity index (χ4v) is 2.01. The molecule has 14 heavy (non-hydrogen) atoms. The number of anilines is 1. The van der Waals surface area contributed by atoms with Crippen LogP contribution in [0, 0.1) is 11.8 Å². The quantitative estimate of drug-likeness (QED) is 0.827. The van der Waals surface area contributed by atoms with E-state index < -0.39 is 0 Å². The van der Waals surface area contributed by atoms with Gasteiger partial charge in [0, 0.05) is 5.92 Å². The third-order valence-electron chi connectivity index (χ3n) is 2.45. The minimum atomic E-state index is 0.0938. The fourth-order valence-electron chi connectivity index (χ4n) is 1.33. The summed E-state index contributed by atoms with van der Waals surface area (Å²) in [7, 11) is 0. The Labute approximate surface area is 86.7 Å². The molecular formula is C9H13N3OS. The molecule has 4 nitrogen and oxygen atoms in total. The second-order valence-corrected chi connectivity index (χ2v) is 4.73. The van der Waals surface area contributed by atoms with Crippen molar-refractivity contribution in [1.29, 1.82) is 0 Å². The minimum absolute atomic E-state index is 0.0938. The average molecular weight is 211 g/mol. The monoisotopic (exact) mass is 211 g/mol. The molecular weight excluding hydrogens is 198 g/mol. The number of carbonyl (C=O) groups excluding carboxylic acids is 1. The number of amides is 1. The summed E-state index contributed by atoms with van der Waals surface area (Å²) in [6, 6.07) is 0. The van der Waals surface area contributed by atoms with Gasteiger partial charge in [-0.05, 0) is 18.8 Å². The predicted molar refractivity (Wildman–Crippen MR) is 55.2 cm³/mol. The van der Waals surface area contributed by atoms with Crippen LogP contribution in [-0.4, -0.2) is 16.1 Å². The Morgan fingerprint density at radius 1 is 1.64 bits per heavy atom. The van der Waals surface area contributed by atoms with Crippen LogP contribution in [-0.2, 0) is 11.2 Å². The molecule has 1 aromatic rings. The first-order chi connectivity index (χ1) is 6.70. The lowest BCUT2D eigenvalue weighted by atomic mass is 10.3. The van der Waals surface area contributed by atoms with Gasteiger partial charge in [-0.1, -0.05) is 25.2 Å². The highest BCUT2D eigenvalue weighted by molar-refractivity contribution is 7.15. The zero-order valence-corrected chi connectivity index (χ0v) is 9.10. The first kappa shape index (κ1) is 9.58. The van der Waals surface area contributed by atoms with E-state index in [0.29, 0.717) is 11.0 Å². The molecule has 0 spiro atoms. The Morgan fingerprint density at radius 3 is 2.86 bits per heavy atom. The lowest BCUT2D eigenvalue weighted by Crippen LogP contribution is -2.14. The number of nitrogens with one attached hydrogen (secondary N) is 1. The molecule has 0 saturated heterocycles. The van der Waals surface area contributed by atoms with Gasteiger partial charge >= 0.3 is 0 Å². The molecule has 1 aliphatic rings. The summed E-state index contributed by atoms with van der Waals surface area (Å²) in [5.74, 6) is 0.828. The Morgan fingerprint density at radius 2 is 2.36 bits per heavy atom. The standard InChI is InChI=1S/C9H13N3OS/c1-3-7-11-12-9(14-7)10-8(13)6-4-5(6)2/h5-6H,3-4H2,1-2H3,(H,10,12,13)/t5-,6+/m0/s1. The van der Waals surface area contributed by atoms with E-state index in [2.05, 4.69) is 22.4 Å². The van der Waals surface area contributed by atoms with Gasteiger partial charge in [-0.2, -0.15) is 0 Å².